The molecule has 0 aliphatic carbocycles. The van der Waals surface area contributed by atoms with E-state index in [1.54, 1.807) is 7.11 Å². The van der Waals surface area contributed by atoms with Crippen LogP contribution in [0.25, 0.3) is 0 Å². The third kappa shape index (κ3) is 4.77. The van der Waals surface area contributed by atoms with Crippen molar-refractivity contribution < 1.29 is 4.74 Å². The molecule has 3 rings (SSSR count). The Morgan fingerprint density at radius 3 is 2.88 bits per heavy atom. The summed E-state index contributed by atoms with van der Waals surface area (Å²) in [6, 6.07) is 8.46. The summed E-state index contributed by atoms with van der Waals surface area (Å²) in [6.07, 6.45) is 7.84. The number of nitrogens with one attached hydrogen (secondary N) is 1. The molecule has 6 nitrogen and oxygen atoms in total. The van der Waals surface area contributed by atoms with Gasteiger partial charge in [0, 0.05) is 51.0 Å². The average Bonchev–Trinajstić information content (AvgIpc) is 3.36. The van der Waals surface area contributed by atoms with Crippen molar-refractivity contribution in [1.29, 1.82) is 0 Å². The second-order valence-corrected chi connectivity index (χ2v) is 6.59. The van der Waals surface area contributed by atoms with E-state index in [0.717, 1.165) is 57.3 Å². The van der Waals surface area contributed by atoms with E-state index in [1.165, 1.54) is 5.56 Å². The Morgan fingerprint density at radius 2 is 2.19 bits per heavy atom. The quantitative estimate of drug-likeness (QED) is 0.471. The molecule has 1 atom stereocenters. The molecule has 6 heteroatoms. The van der Waals surface area contributed by atoms with Crippen LogP contribution in [0, 0.1) is 0 Å². The Morgan fingerprint density at radius 1 is 1.35 bits per heavy atom. The number of benzene rings is 1. The van der Waals surface area contributed by atoms with Gasteiger partial charge < -0.3 is 19.5 Å². The van der Waals surface area contributed by atoms with E-state index < -0.39 is 0 Å². The fraction of sp³-hybridized carbons (Fsp3) is 0.500. The average molecular weight is 355 g/mol. The number of rotatable bonds is 7. The van der Waals surface area contributed by atoms with Crippen molar-refractivity contribution >= 4 is 5.96 Å². The van der Waals surface area contributed by atoms with Gasteiger partial charge in [0.05, 0.1) is 13.4 Å². The van der Waals surface area contributed by atoms with E-state index in [1.807, 2.05) is 30.9 Å². The van der Waals surface area contributed by atoms with Crippen LogP contribution in [0.5, 0.6) is 5.75 Å². The number of nitrogens with zero attached hydrogens (tertiary/aromatic N) is 4. The van der Waals surface area contributed by atoms with Gasteiger partial charge in [0.2, 0.25) is 0 Å². The van der Waals surface area contributed by atoms with E-state index in [9.17, 15) is 0 Å². The Hall–Kier alpha value is -2.50. The van der Waals surface area contributed by atoms with Gasteiger partial charge in [0.15, 0.2) is 5.96 Å². The van der Waals surface area contributed by atoms with Crippen molar-refractivity contribution in [1.82, 2.24) is 19.8 Å². The minimum atomic E-state index is 0.552. The molecule has 140 valence electrons. The van der Waals surface area contributed by atoms with Crippen molar-refractivity contribution in [3.63, 3.8) is 0 Å². The molecule has 1 fully saturated rings. The normalized spacial score (nSPS) is 17.5. The minimum Gasteiger partial charge on any atom is -0.497 e. The molecule has 0 spiro atoms. The number of hydrogen-bond donors (Lipinski definition) is 1. The maximum absolute atomic E-state index is 5.26. The molecular formula is C20H29N5O. The number of ether oxygens (including phenoxy) is 1. The molecule has 0 amide bonds. The monoisotopic (exact) mass is 355 g/mol. The molecule has 1 unspecified atom stereocenters. The standard InChI is InChI=1S/C20H29N5O/c1-3-22-20(23-10-4-12-24-14-11-21-16-24)25-13-9-18(15-25)17-5-7-19(26-2)8-6-17/h5-8,11,14,16,18H,3-4,9-10,12-13,15H2,1-2H3,(H,22,23). The van der Waals surface area contributed by atoms with Crippen LogP contribution < -0.4 is 10.1 Å². The Bertz CT molecular complexity index is 681. The molecule has 1 aromatic heterocycles. The van der Waals surface area contributed by atoms with Gasteiger partial charge in [-0.2, -0.15) is 0 Å². The Balaban J connectivity index is 1.54. The van der Waals surface area contributed by atoms with Crippen LogP contribution in [0.2, 0.25) is 0 Å². The van der Waals surface area contributed by atoms with Crippen LogP contribution in [0.3, 0.4) is 0 Å². The van der Waals surface area contributed by atoms with Crippen molar-refractivity contribution in [3.05, 3.63) is 48.5 Å². The predicted octanol–water partition coefficient (Wildman–Crippen LogP) is 2.74. The molecule has 1 saturated heterocycles. The van der Waals surface area contributed by atoms with Gasteiger partial charge in [-0.05, 0) is 37.5 Å². The zero-order chi connectivity index (χ0) is 18.2. The smallest absolute Gasteiger partial charge is 0.193 e. The maximum Gasteiger partial charge on any atom is 0.193 e. The number of aryl methyl sites for hydroxylation is 1. The molecular weight excluding hydrogens is 326 g/mol. The lowest BCUT2D eigenvalue weighted by molar-refractivity contribution is 0.414. The maximum atomic E-state index is 5.26. The number of aliphatic imine (C=N–C) groups is 1. The lowest BCUT2D eigenvalue weighted by Crippen LogP contribution is -2.40. The van der Waals surface area contributed by atoms with Gasteiger partial charge >= 0.3 is 0 Å². The molecule has 1 aliphatic heterocycles. The lowest BCUT2D eigenvalue weighted by Gasteiger charge is -2.22. The molecule has 2 heterocycles. The lowest BCUT2D eigenvalue weighted by atomic mass is 9.98. The molecule has 0 saturated carbocycles. The number of imidazole rings is 1. The molecule has 26 heavy (non-hydrogen) atoms. The molecule has 2 aromatic rings. The summed E-state index contributed by atoms with van der Waals surface area (Å²) in [4.78, 5) is 11.3. The predicted molar refractivity (Wildman–Crippen MR) is 105 cm³/mol. The second-order valence-electron chi connectivity index (χ2n) is 6.59. The van der Waals surface area contributed by atoms with Crippen molar-refractivity contribution in [2.24, 2.45) is 4.99 Å². The number of likely N-dealkylation sites (tertiary alicyclic amines) is 1. The van der Waals surface area contributed by atoms with Crippen molar-refractivity contribution in [2.75, 3.05) is 33.3 Å². The van der Waals surface area contributed by atoms with Crippen LogP contribution in [0.1, 0.15) is 31.2 Å². The summed E-state index contributed by atoms with van der Waals surface area (Å²) in [5.74, 6) is 2.50. The summed E-state index contributed by atoms with van der Waals surface area (Å²) in [5.41, 5.74) is 1.38. The van der Waals surface area contributed by atoms with Crippen LogP contribution in [-0.2, 0) is 6.54 Å². The number of methoxy groups -OCH3 is 1. The zero-order valence-electron chi connectivity index (χ0n) is 15.8. The highest BCUT2D eigenvalue weighted by atomic mass is 16.5. The zero-order valence-corrected chi connectivity index (χ0v) is 15.8. The van der Waals surface area contributed by atoms with Crippen molar-refractivity contribution in [2.45, 2.75) is 32.2 Å². The number of aromatic nitrogens is 2. The third-order valence-electron chi connectivity index (χ3n) is 4.81. The van der Waals surface area contributed by atoms with Crippen LogP contribution in [0.15, 0.2) is 48.0 Å². The summed E-state index contributed by atoms with van der Waals surface area (Å²) < 4.78 is 7.35. The highest BCUT2D eigenvalue weighted by Crippen LogP contribution is 2.28. The first-order valence-corrected chi connectivity index (χ1v) is 9.43. The third-order valence-corrected chi connectivity index (χ3v) is 4.81. The van der Waals surface area contributed by atoms with Gasteiger partial charge in [0.25, 0.3) is 0 Å². The van der Waals surface area contributed by atoms with Gasteiger partial charge in [0.1, 0.15) is 5.75 Å². The summed E-state index contributed by atoms with van der Waals surface area (Å²) in [5, 5.41) is 3.45. The largest absolute Gasteiger partial charge is 0.497 e. The number of hydrogen-bond acceptors (Lipinski definition) is 3. The summed E-state index contributed by atoms with van der Waals surface area (Å²) in [6.45, 7) is 6.85. The highest BCUT2D eigenvalue weighted by Gasteiger charge is 2.26. The Kier molecular flexibility index (Phi) is 6.52. The van der Waals surface area contributed by atoms with Crippen LogP contribution in [0.4, 0.5) is 0 Å². The van der Waals surface area contributed by atoms with Gasteiger partial charge in [-0.1, -0.05) is 12.1 Å². The van der Waals surface area contributed by atoms with Gasteiger partial charge in [-0.25, -0.2) is 4.98 Å². The van der Waals surface area contributed by atoms with Crippen molar-refractivity contribution in [3.8, 4) is 5.75 Å². The van der Waals surface area contributed by atoms with E-state index in [0.29, 0.717) is 5.92 Å². The fourth-order valence-electron chi connectivity index (χ4n) is 3.38. The molecule has 1 aliphatic rings. The Labute approximate surface area is 155 Å². The van der Waals surface area contributed by atoms with Crippen LogP contribution in [-0.4, -0.2) is 53.7 Å². The minimum absolute atomic E-state index is 0.552. The van der Waals surface area contributed by atoms with E-state index >= 15 is 0 Å². The first-order chi connectivity index (χ1) is 12.8. The molecule has 1 N–H and O–H groups in total. The number of guanidine groups is 1. The first-order valence-electron chi connectivity index (χ1n) is 9.43. The SMILES string of the molecule is CCNC(=NCCCn1ccnc1)N1CCC(c2ccc(OC)cc2)C1. The molecule has 0 radical (unpaired) electrons. The van der Waals surface area contributed by atoms with E-state index in [-0.39, 0.29) is 0 Å². The summed E-state index contributed by atoms with van der Waals surface area (Å²) >= 11 is 0. The second kappa shape index (κ2) is 9.27. The van der Waals surface area contributed by atoms with E-state index in [4.69, 9.17) is 9.73 Å². The van der Waals surface area contributed by atoms with Gasteiger partial charge in [-0.15, -0.1) is 0 Å². The van der Waals surface area contributed by atoms with E-state index in [2.05, 4.69) is 38.8 Å². The summed E-state index contributed by atoms with van der Waals surface area (Å²) in [7, 11) is 1.71. The topological polar surface area (TPSA) is 54.7 Å². The first kappa shape index (κ1) is 18.3. The van der Waals surface area contributed by atoms with Gasteiger partial charge in [-0.3, -0.25) is 4.99 Å². The fourth-order valence-corrected chi connectivity index (χ4v) is 3.38. The van der Waals surface area contributed by atoms with Crippen LogP contribution >= 0.6 is 0 Å². The molecule has 1 aromatic carbocycles. The molecule has 0 bridgehead atoms. The highest BCUT2D eigenvalue weighted by molar-refractivity contribution is 5.80.